The number of carbonyl (C=O) groups is 1. The topological polar surface area (TPSA) is 128 Å². The second-order valence-electron chi connectivity index (χ2n) is 10.3. The number of rotatable bonds is 5. The molecule has 1 aliphatic heterocycles. The van der Waals surface area contributed by atoms with Crippen LogP contribution in [0.25, 0.3) is 44.7 Å². The SMILES string of the molecule is O=C(Nc1cncc(-c2cnc3[nH]nc(-c4nc5c(N6CCCCC6)cncc5[nH]4)c3c2)c1)C1CCCC1. The molecule has 1 aliphatic carbocycles. The zero-order valence-electron chi connectivity index (χ0n) is 21.1. The second kappa shape index (κ2) is 9.51. The molecular formula is C28H29N9O. The second-order valence-corrected chi connectivity index (χ2v) is 10.3. The van der Waals surface area contributed by atoms with Crippen LogP contribution >= 0.6 is 0 Å². The van der Waals surface area contributed by atoms with Crippen molar-refractivity contribution in [2.24, 2.45) is 5.92 Å². The zero-order chi connectivity index (χ0) is 25.5. The van der Waals surface area contributed by atoms with Gasteiger partial charge >= 0.3 is 0 Å². The highest BCUT2D eigenvalue weighted by molar-refractivity contribution is 5.96. The number of imidazole rings is 1. The van der Waals surface area contributed by atoms with Crippen molar-refractivity contribution in [2.75, 3.05) is 23.3 Å². The molecule has 7 rings (SSSR count). The molecule has 1 saturated heterocycles. The molecule has 0 bridgehead atoms. The fourth-order valence-electron chi connectivity index (χ4n) is 5.74. The lowest BCUT2D eigenvalue weighted by atomic mass is 10.1. The number of nitrogens with zero attached hydrogens (tertiary/aromatic N) is 6. The van der Waals surface area contributed by atoms with E-state index in [4.69, 9.17) is 4.98 Å². The minimum atomic E-state index is 0.0791. The lowest BCUT2D eigenvalue weighted by Crippen LogP contribution is -2.29. The molecule has 0 unspecified atom stereocenters. The molecule has 10 nitrogen and oxygen atoms in total. The molecular weight excluding hydrogens is 478 g/mol. The monoisotopic (exact) mass is 507 g/mol. The highest BCUT2D eigenvalue weighted by Gasteiger charge is 2.23. The van der Waals surface area contributed by atoms with Crippen LogP contribution in [0.3, 0.4) is 0 Å². The van der Waals surface area contributed by atoms with Gasteiger partial charge < -0.3 is 15.2 Å². The third-order valence-electron chi connectivity index (χ3n) is 7.78. The Morgan fingerprint density at radius 1 is 0.921 bits per heavy atom. The summed E-state index contributed by atoms with van der Waals surface area (Å²) in [7, 11) is 0. The molecule has 0 aromatic carbocycles. The fourth-order valence-corrected chi connectivity index (χ4v) is 5.74. The van der Waals surface area contributed by atoms with Crippen molar-refractivity contribution in [3.63, 3.8) is 0 Å². The van der Waals surface area contributed by atoms with Crippen molar-refractivity contribution >= 4 is 39.3 Å². The van der Waals surface area contributed by atoms with E-state index in [-0.39, 0.29) is 11.8 Å². The first-order valence-corrected chi connectivity index (χ1v) is 13.4. The van der Waals surface area contributed by atoms with Crippen LogP contribution < -0.4 is 10.2 Å². The summed E-state index contributed by atoms with van der Waals surface area (Å²) in [5, 5.41) is 11.5. The van der Waals surface area contributed by atoms with E-state index in [1.54, 1.807) is 18.6 Å². The fraction of sp³-hybridized carbons (Fsp3) is 0.357. The molecule has 0 atom stereocenters. The van der Waals surface area contributed by atoms with Crippen molar-refractivity contribution < 1.29 is 4.79 Å². The van der Waals surface area contributed by atoms with Crippen LogP contribution in [0.1, 0.15) is 44.9 Å². The van der Waals surface area contributed by atoms with E-state index in [1.807, 2.05) is 24.5 Å². The predicted molar refractivity (Wildman–Crippen MR) is 147 cm³/mol. The number of aromatic amines is 2. The number of amides is 1. The maximum Gasteiger partial charge on any atom is 0.227 e. The average Bonchev–Trinajstić information content (AvgIpc) is 3.73. The van der Waals surface area contributed by atoms with Crippen LogP contribution in [0.5, 0.6) is 0 Å². The van der Waals surface area contributed by atoms with Gasteiger partial charge in [0, 0.05) is 42.5 Å². The highest BCUT2D eigenvalue weighted by Crippen LogP contribution is 2.33. The standard InChI is InChI=1S/C28H29N9O/c38-28(17-6-2-3-7-17)32-20-10-18(12-29-14-20)19-11-21-24(35-36-26(21)31-13-19)27-33-22-15-30-16-23(25(22)34-27)37-8-4-1-5-9-37/h10-17H,1-9H2,(H,32,38)(H,33,34)(H,31,35,36). The number of pyridine rings is 3. The Morgan fingerprint density at radius 2 is 1.74 bits per heavy atom. The lowest BCUT2D eigenvalue weighted by Gasteiger charge is -2.28. The lowest BCUT2D eigenvalue weighted by molar-refractivity contribution is -0.119. The van der Waals surface area contributed by atoms with Crippen LogP contribution in [-0.2, 0) is 4.79 Å². The van der Waals surface area contributed by atoms with Crippen molar-refractivity contribution in [3.05, 3.63) is 43.1 Å². The molecule has 0 radical (unpaired) electrons. The Labute approximate surface area is 219 Å². The van der Waals surface area contributed by atoms with E-state index in [0.29, 0.717) is 22.9 Å². The van der Waals surface area contributed by atoms with Crippen molar-refractivity contribution in [1.29, 1.82) is 0 Å². The molecule has 1 amide bonds. The largest absolute Gasteiger partial charge is 0.368 e. The molecule has 1 saturated carbocycles. The number of nitrogens with one attached hydrogen (secondary N) is 3. The summed E-state index contributed by atoms with van der Waals surface area (Å²) in [6, 6.07) is 3.98. The number of hydrogen-bond donors (Lipinski definition) is 3. The van der Waals surface area contributed by atoms with Crippen LogP contribution in [0.4, 0.5) is 11.4 Å². The number of piperidine rings is 1. The molecule has 3 N–H and O–H groups in total. The first-order valence-electron chi connectivity index (χ1n) is 13.4. The van der Waals surface area contributed by atoms with Gasteiger partial charge in [0.15, 0.2) is 11.5 Å². The van der Waals surface area contributed by atoms with Crippen LogP contribution in [0.15, 0.2) is 43.1 Å². The normalized spacial score (nSPS) is 16.5. The number of aromatic nitrogens is 7. The summed E-state index contributed by atoms with van der Waals surface area (Å²) in [4.78, 5) is 36.8. The van der Waals surface area contributed by atoms with Crippen molar-refractivity contribution in [3.8, 4) is 22.6 Å². The highest BCUT2D eigenvalue weighted by atomic mass is 16.1. The minimum Gasteiger partial charge on any atom is -0.368 e. The van der Waals surface area contributed by atoms with Crippen LogP contribution in [-0.4, -0.2) is 54.1 Å². The van der Waals surface area contributed by atoms with E-state index in [0.717, 1.165) is 72.0 Å². The van der Waals surface area contributed by atoms with Gasteiger partial charge in [0.1, 0.15) is 11.2 Å². The quantitative estimate of drug-likeness (QED) is 0.303. The minimum absolute atomic E-state index is 0.0791. The molecule has 192 valence electrons. The zero-order valence-corrected chi connectivity index (χ0v) is 21.1. The van der Waals surface area contributed by atoms with E-state index < -0.39 is 0 Å². The molecule has 38 heavy (non-hydrogen) atoms. The van der Waals surface area contributed by atoms with E-state index in [2.05, 4.69) is 40.3 Å². The molecule has 5 aromatic rings. The summed E-state index contributed by atoms with van der Waals surface area (Å²) in [5.74, 6) is 0.849. The van der Waals surface area contributed by atoms with Gasteiger partial charge in [0.2, 0.25) is 5.91 Å². The Morgan fingerprint density at radius 3 is 2.61 bits per heavy atom. The first-order chi connectivity index (χ1) is 18.7. The van der Waals surface area contributed by atoms with Gasteiger partial charge in [0.05, 0.1) is 40.9 Å². The van der Waals surface area contributed by atoms with Gasteiger partial charge in [-0.15, -0.1) is 0 Å². The third-order valence-corrected chi connectivity index (χ3v) is 7.78. The van der Waals surface area contributed by atoms with E-state index in [1.165, 1.54) is 19.3 Å². The van der Waals surface area contributed by atoms with E-state index in [9.17, 15) is 4.79 Å². The summed E-state index contributed by atoms with van der Waals surface area (Å²) < 4.78 is 0. The van der Waals surface area contributed by atoms with Crippen molar-refractivity contribution in [2.45, 2.75) is 44.9 Å². The molecule has 0 spiro atoms. The van der Waals surface area contributed by atoms with Gasteiger partial charge in [-0.2, -0.15) is 5.10 Å². The van der Waals surface area contributed by atoms with Gasteiger partial charge in [-0.05, 0) is 44.2 Å². The molecule has 6 heterocycles. The smallest absolute Gasteiger partial charge is 0.227 e. The third kappa shape index (κ3) is 4.15. The number of fused-ring (bicyclic) bond motifs is 2. The van der Waals surface area contributed by atoms with Crippen LogP contribution in [0, 0.1) is 5.92 Å². The van der Waals surface area contributed by atoms with Gasteiger partial charge in [-0.3, -0.25) is 19.9 Å². The summed E-state index contributed by atoms with van der Waals surface area (Å²) in [5.41, 5.74) is 6.69. The number of hydrogen-bond acceptors (Lipinski definition) is 7. The molecule has 5 aromatic heterocycles. The number of carbonyl (C=O) groups excluding carboxylic acids is 1. The molecule has 2 aliphatic rings. The number of H-pyrrole nitrogens is 2. The van der Waals surface area contributed by atoms with E-state index >= 15 is 0 Å². The first kappa shape index (κ1) is 22.8. The summed E-state index contributed by atoms with van der Waals surface area (Å²) in [6.07, 6.45) is 16.8. The summed E-state index contributed by atoms with van der Waals surface area (Å²) >= 11 is 0. The average molecular weight is 508 g/mol. The Kier molecular flexibility index (Phi) is 5.71. The number of anilines is 2. The van der Waals surface area contributed by atoms with Gasteiger partial charge in [-0.25, -0.2) is 9.97 Å². The van der Waals surface area contributed by atoms with Crippen LogP contribution in [0.2, 0.25) is 0 Å². The Balaban J connectivity index is 1.22. The maximum absolute atomic E-state index is 12.6. The maximum atomic E-state index is 12.6. The molecule has 10 heteroatoms. The Hall–Kier alpha value is -4.34. The van der Waals surface area contributed by atoms with Gasteiger partial charge in [0.25, 0.3) is 0 Å². The molecule has 2 fully saturated rings. The predicted octanol–water partition coefficient (Wildman–Crippen LogP) is 5.08. The van der Waals surface area contributed by atoms with Crippen molar-refractivity contribution in [1.82, 2.24) is 35.1 Å². The van der Waals surface area contributed by atoms with Gasteiger partial charge in [-0.1, -0.05) is 12.8 Å². The summed E-state index contributed by atoms with van der Waals surface area (Å²) in [6.45, 7) is 2.05. The Bertz CT molecular complexity index is 1630.